The first-order valence-corrected chi connectivity index (χ1v) is 5.98. The minimum absolute atomic E-state index is 0.0837. The normalized spacial score (nSPS) is 10.4. The summed E-state index contributed by atoms with van der Waals surface area (Å²) in [5.41, 5.74) is 1.80. The molecule has 0 amide bonds. The van der Waals surface area contributed by atoms with Crippen molar-refractivity contribution in [2.75, 3.05) is 6.61 Å². The molecule has 0 aliphatic heterocycles. The van der Waals surface area contributed by atoms with Crippen molar-refractivity contribution in [1.29, 1.82) is 0 Å². The number of aromatic nitrogens is 1. The third kappa shape index (κ3) is 2.91. The third-order valence-corrected chi connectivity index (χ3v) is 2.73. The van der Waals surface area contributed by atoms with Crippen molar-refractivity contribution >= 4 is 16.9 Å². The van der Waals surface area contributed by atoms with E-state index >= 15 is 0 Å². The summed E-state index contributed by atoms with van der Waals surface area (Å²) >= 11 is 0. The molecule has 1 aromatic carbocycles. The van der Waals surface area contributed by atoms with Gasteiger partial charge in [-0.05, 0) is 19.1 Å². The number of hydrogen-bond acceptors (Lipinski definition) is 3. The molecule has 0 atom stereocenters. The van der Waals surface area contributed by atoms with Crippen LogP contribution in [0.2, 0.25) is 0 Å². The molecule has 0 spiro atoms. The lowest BCUT2D eigenvalue weighted by molar-refractivity contribution is 0.0692. The molecule has 0 aliphatic carbocycles. The molecule has 1 aromatic heterocycles. The Morgan fingerprint density at radius 3 is 2.84 bits per heavy atom. The van der Waals surface area contributed by atoms with Gasteiger partial charge in [-0.3, -0.25) is 4.98 Å². The van der Waals surface area contributed by atoms with Crippen molar-refractivity contribution in [1.82, 2.24) is 4.98 Å². The summed E-state index contributed by atoms with van der Waals surface area (Å²) in [5, 5.41) is 9.91. The summed E-state index contributed by atoms with van der Waals surface area (Å²) in [6.07, 6.45) is 2.02. The van der Waals surface area contributed by atoms with Crippen molar-refractivity contribution in [2.45, 2.75) is 13.3 Å². The molecule has 4 heteroatoms. The number of ether oxygens (including phenoxy) is 1. The lowest BCUT2D eigenvalue weighted by Gasteiger charge is -2.11. The van der Waals surface area contributed by atoms with E-state index in [1.165, 1.54) is 6.20 Å². The number of para-hydroxylation sites is 1. The topological polar surface area (TPSA) is 59.4 Å². The van der Waals surface area contributed by atoms with Gasteiger partial charge in [-0.25, -0.2) is 4.79 Å². The maximum Gasteiger partial charge on any atom is 0.341 e. The molecule has 0 aliphatic rings. The number of benzene rings is 1. The Morgan fingerprint density at radius 2 is 2.16 bits per heavy atom. The van der Waals surface area contributed by atoms with E-state index in [0.29, 0.717) is 24.2 Å². The Bertz CT molecular complexity index is 634. The van der Waals surface area contributed by atoms with E-state index in [1.54, 1.807) is 0 Å². The van der Waals surface area contributed by atoms with E-state index in [1.807, 2.05) is 31.2 Å². The van der Waals surface area contributed by atoms with E-state index < -0.39 is 5.97 Å². The highest BCUT2D eigenvalue weighted by atomic mass is 16.5. The number of aromatic carboxylic acids is 1. The molecule has 0 saturated carbocycles. The Labute approximate surface area is 111 Å². The minimum atomic E-state index is -1.04. The number of carboxylic acid groups (broad SMARTS) is 1. The zero-order valence-electron chi connectivity index (χ0n) is 10.7. The number of pyridine rings is 1. The van der Waals surface area contributed by atoms with E-state index in [-0.39, 0.29) is 5.56 Å². The molecular formula is C15H15NO3. The number of fused-ring (bicyclic) bond motifs is 1. The van der Waals surface area contributed by atoms with Crippen LogP contribution in [0.3, 0.4) is 0 Å². The van der Waals surface area contributed by atoms with Crippen LogP contribution in [0, 0.1) is 0 Å². The van der Waals surface area contributed by atoms with Crippen LogP contribution in [0.25, 0.3) is 10.9 Å². The van der Waals surface area contributed by atoms with Crippen LogP contribution in [0.4, 0.5) is 0 Å². The first-order valence-electron chi connectivity index (χ1n) is 5.98. The van der Waals surface area contributed by atoms with Gasteiger partial charge in [0, 0.05) is 18.0 Å². The summed E-state index contributed by atoms with van der Waals surface area (Å²) in [6, 6.07) is 7.33. The maximum atomic E-state index is 11.2. The molecule has 98 valence electrons. The van der Waals surface area contributed by atoms with Gasteiger partial charge in [-0.15, -0.1) is 6.58 Å². The Balaban J connectivity index is 2.43. The van der Waals surface area contributed by atoms with Crippen molar-refractivity contribution in [3.63, 3.8) is 0 Å². The Hall–Kier alpha value is -2.36. The van der Waals surface area contributed by atoms with Crippen molar-refractivity contribution in [2.24, 2.45) is 0 Å². The zero-order valence-corrected chi connectivity index (χ0v) is 10.7. The Kier molecular flexibility index (Phi) is 3.80. The predicted octanol–water partition coefficient (Wildman–Crippen LogP) is 3.28. The fourth-order valence-corrected chi connectivity index (χ4v) is 1.75. The SMILES string of the molecule is C=C(C)CCOc1c(C(=O)O)cnc2ccccc12. The second-order valence-electron chi connectivity index (χ2n) is 4.38. The summed E-state index contributed by atoms with van der Waals surface area (Å²) in [7, 11) is 0. The smallest absolute Gasteiger partial charge is 0.341 e. The fourth-order valence-electron chi connectivity index (χ4n) is 1.75. The summed E-state index contributed by atoms with van der Waals surface area (Å²) < 4.78 is 5.64. The summed E-state index contributed by atoms with van der Waals surface area (Å²) in [5.74, 6) is -0.664. The highest BCUT2D eigenvalue weighted by molar-refractivity contribution is 5.98. The van der Waals surface area contributed by atoms with Crippen LogP contribution in [0.5, 0.6) is 5.75 Å². The average molecular weight is 257 g/mol. The van der Waals surface area contributed by atoms with Gasteiger partial charge >= 0.3 is 5.97 Å². The molecule has 0 fully saturated rings. The van der Waals surface area contributed by atoms with Gasteiger partial charge in [-0.1, -0.05) is 17.7 Å². The van der Waals surface area contributed by atoms with Gasteiger partial charge in [0.1, 0.15) is 11.3 Å². The predicted molar refractivity (Wildman–Crippen MR) is 73.6 cm³/mol. The van der Waals surface area contributed by atoms with Gasteiger partial charge in [0.15, 0.2) is 0 Å². The van der Waals surface area contributed by atoms with E-state index in [9.17, 15) is 9.90 Å². The maximum absolute atomic E-state index is 11.2. The van der Waals surface area contributed by atoms with Gasteiger partial charge in [0.2, 0.25) is 0 Å². The molecule has 2 rings (SSSR count). The van der Waals surface area contributed by atoms with Crippen LogP contribution >= 0.6 is 0 Å². The van der Waals surface area contributed by atoms with Gasteiger partial charge in [0.25, 0.3) is 0 Å². The number of hydrogen-bond donors (Lipinski definition) is 1. The first-order chi connectivity index (χ1) is 9.09. The van der Waals surface area contributed by atoms with Crippen LogP contribution in [0.1, 0.15) is 23.7 Å². The molecule has 0 saturated heterocycles. The lowest BCUT2D eigenvalue weighted by atomic mass is 10.1. The van der Waals surface area contributed by atoms with Gasteiger partial charge in [-0.2, -0.15) is 0 Å². The molecule has 19 heavy (non-hydrogen) atoms. The Morgan fingerprint density at radius 1 is 1.42 bits per heavy atom. The number of rotatable bonds is 5. The van der Waals surface area contributed by atoms with E-state index in [4.69, 9.17) is 4.74 Å². The van der Waals surface area contributed by atoms with E-state index in [0.717, 1.165) is 11.1 Å². The molecule has 0 radical (unpaired) electrons. The quantitative estimate of drug-likeness (QED) is 0.835. The molecular weight excluding hydrogens is 242 g/mol. The van der Waals surface area contributed by atoms with Crippen molar-refractivity contribution < 1.29 is 14.6 Å². The third-order valence-electron chi connectivity index (χ3n) is 2.73. The highest BCUT2D eigenvalue weighted by Gasteiger charge is 2.15. The standard InChI is InChI=1S/C15H15NO3/c1-10(2)7-8-19-14-11-5-3-4-6-13(11)16-9-12(14)15(17)18/h3-6,9H,1,7-8H2,2H3,(H,17,18). The molecule has 1 N–H and O–H groups in total. The minimum Gasteiger partial charge on any atom is -0.492 e. The van der Waals surface area contributed by atoms with Gasteiger partial charge in [0.05, 0.1) is 12.1 Å². The van der Waals surface area contributed by atoms with Crippen LogP contribution < -0.4 is 4.74 Å². The van der Waals surface area contributed by atoms with Crippen LogP contribution in [-0.4, -0.2) is 22.7 Å². The molecule has 0 unspecified atom stereocenters. The molecule has 0 bridgehead atoms. The second-order valence-corrected chi connectivity index (χ2v) is 4.38. The van der Waals surface area contributed by atoms with Crippen LogP contribution in [-0.2, 0) is 0 Å². The van der Waals surface area contributed by atoms with Crippen LogP contribution in [0.15, 0.2) is 42.6 Å². The number of carbonyl (C=O) groups is 1. The van der Waals surface area contributed by atoms with E-state index in [2.05, 4.69) is 11.6 Å². The summed E-state index contributed by atoms with van der Waals surface area (Å²) in [4.78, 5) is 15.4. The zero-order chi connectivity index (χ0) is 13.8. The molecule has 1 heterocycles. The fraction of sp³-hybridized carbons (Fsp3) is 0.200. The average Bonchev–Trinajstić information content (AvgIpc) is 2.38. The van der Waals surface area contributed by atoms with Crippen molar-refractivity contribution in [3.8, 4) is 5.75 Å². The van der Waals surface area contributed by atoms with Gasteiger partial charge < -0.3 is 9.84 Å². The highest BCUT2D eigenvalue weighted by Crippen LogP contribution is 2.28. The van der Waals surface area contributed by atoms with Crippen molar-refractivity contribution in [3.05, 3.63) is 48.2 Å². The second kappa shape index (κ2) is 5.52. The first kappa shape index (κ1) is 13.1. The molecule has 2 aromatic rings. The number of carboxylic acids is 1. The largest absolute Gasteiger partial charge is 0.492 e. The number of nitrogens with zero attached hydrogens (tertiary/aromatic N) is 1. The lowest BCUT2D eigenvalue weighted by Crippen LogP contribution is -2.06. The molecule has 4 nitrogen and oxygen atoms in total. The monoisotopic (exact) mass is 257 g/mol. The summed E-state index contributed by atoms with van der Waals surface area (Å²) in [6.45, 7) is 6.11.